The largest absolute Gasteiger partial charge is 0.476 e. The normalized spacial score (nSPS) is 14.8. The van der Waals surface area contributed by atoms with E-state index in [1.807, 2.05) is 21.1 Å². The predicted octanol–water partition coefficient (Wildman–Crippen LogP) is 8.48. The quantitative estimate of drug-likeness (QED) is 0.0297. The third-order valence-electron chi connectivity index (χ3n) is 7.45. The van der Waals surface area contributed by atoms with Crippen molar-refractivity contribution in [2.75, 3.05) is 34.3 Å². The zero-order chi connectivity index (χ0) is 29.7. The van der Waals surface area contributed by atoms with Crippen molar-refractivity contribution in [2.45, 2.75) is 149 Å². The lowest BCUT2D eigenvalue weighted by atomic mass is 9.84. The Kier molecular flexibility index (Phi) is 21.3. The lowest BCUT2D eigenvalue weighted by Crippen LogP contribution is -2.46. The summed E-state index contributed by atoms with van der Waals surface area (Å²) in [5.41, 5.74) is -1.11. The summed E-state index contributed by atoms with van der Waals surface area (Å²) in [6.45, 7) is 5.99. The van der Waals surface area contributed by atoms with E-state index in [-0.39, 0.29) is 6.61 Å². The molecule has 0 fully saturated rings. The number of quaternary nitrogens is 1. The molecule has 0 bridgehead atoms. The molecule has 0 aliphatic heterocycles. The highest BCUT2D eigenvalue weighted by atomic mass is 31.2. The van der Waals surface area contributed by atoms with Gasteiger partial charge < -0.3 is 19.6 Å². The van der Waals surface area contributed by atoms with Crippen molar-refractivity contribution in [2.24, 2.45) is 5.41 Å². The van der Waals surface area contributed by atoms with Crippen LogP contribution in [-0.2, 0) is 13.6 Å². The van der Waals surface area contributed by atoms with Gasteiger partial charge in [0.15, 0.2) is 0 Å². The van der Waals surface area contributed by atoms with E-state index in [1.165, 1.54) is 96.3 Å². The van der Waals surface area contributed by atoms with E-state index in [2.05, 4.69) is 19.1 Å². The second-order valence-electron chi connectivity index (χ2n) is 13.0. The summed E-state index contributed by atoms with van der Waals surface area (Å²) >= 11 is 0. The van der Waals surface area contributed by atoms with Crippen LogP contribution in [0.25, 0.3) is 0 Å². The van der Waals surface area contributed by atoms with Gasteiger partial charge in [-0.25, -0.2) is 9.09 Å². The van der Waals surface area contributed by atoms with Gasteiger partial charge in [0.1, 0.15) is 13.2 Å². The number of nitrogens with zero attached hydrogens (tertiary/aromatic N) is 1. The Balaban J connectivity index is 3.78. The minimum atomic E-state index is -4.59. The van der Waals surface area contributed by atoms with E-state index in [4.69, 9.17) is 9.05 Å². The van der Waals surface area contributed by atoms with Gasteiger partial charge in [-0.15, -0.1) is 0 Å². The fourth-order valence-electron chi connectivity index (χ4n) is 4.43. The molecule has 39 heavy (non-hydrogen) atoms. The third kappa shape index (κ3) is 23.0. The van der Waals surface area contributed by atoms with Gasteiger partial charge in [-0.05, 0) is 32.1 Å². The second-order valence-corrected chi connectivity index (χ2v) is 14.4. The van der Waals surface area contributed by atoms with Crippen LogP contribution in [0, 0.1) is 5.41 Å². The van der Waals surface area contributed by atoms with E-state index in [9.17, 15) is 19.7 Å². The number of hydrogen-bond acceptors (Lipinski definition) is 5. The number of rotatable bonds is 27. The van der Waals surface area contributed by atoms with Crippen molar-refractivity contribution in [3.63, 3.8) is 0 Å². The molecule has 0 saturated heterocycles. The SMILES string of the molecule is CCCCCCCCC=CCCCCCCCCCCCCC(C)(C)C(O)(O)OP(=O)(O)OCC[N+](C)(C)C. The van der Waals surface area contributed by atoms with Crippen molar-refractivity contribution < 1.29 is 33.2 Å². The first-order valence-corrected chi connectivity index (χ1v) is 17.3. The average Bonchev–Trinajstić information content (AvgIpc) is 2.81. The maximum absolute atomic E-state index is 12.2. The first kappa shape index (κ1) is 38.7. The molecule has 0 saturated carbocycles. The molecule has 1 atom stereocenters. The van der Waals surface area contributed by atoms with Crippen LogP contribution in [0.2, 0.25) is 0 Å². The molecule has 0 radical (unpaired) electrons. The van der Waals surface area contributed by atoms with Crippen LogP contribution in [0.3, 0.4) is 0 Å². The molecule has 0 spiro atoms. The average molecular weight is 579 g/mol. The molecule has 0 aromatic heterocycles. The predicted molar refractivity (Wildman–Crippen MR) is 163 cm³/mol. The number of unbranched alkanes of at least 4 members (excludes halogenated alkanes) is 16. The zero-order valence-electron chi connectivity index (χ0n) is 26.5. The minimum Gasteiger partial charge on any atom is -0.343 e. The second kappa shape index (κ2) is 21.4. The molecule has 0 aromatic carbocycles. The van der Waals surface area contributed by atoms with Crippen LogP contribution in [0.5, 0.6) is 0 Å². The maximum atomic E-state index is 12.2. The Labute approximate surface area is 241 Å². The third-order valence-corrected chi connectivity index (χ3v) is 8.45. The summed E-state index contributed by atoms with van der Waals surface area (Å²) in [6, 6.07) is 0. The number of likely N-dealkylation sites (N-methyl/N-ethyl adjacent to an activating group) is 1. The maximum Gasteiger partial charge on any atom is 0.476 e. The summed E-state index contributed by atoms with van der Waals surface area (Å²) < 4.78 is 22.5. The van der Waals surface area contributed by atoms with Crippen molar-refractivity contribution in [1.29, 1.82) is 0 Å². The number of hydrogen-bond donors (Lipinski definition) is 3. The fraction of sp³-hybridized carbons (Fsp3) is 0.935. The summed E-state index contributed by atoms with van der Waals surface area (Å²) in [6.07, 6.45) is 27.8. The molecule has 0 heterocycles. The van der Waals surface area contributed by atoms with E-state index in [0.29, 0.717) is 17.4 Å². The lowest BCUT2D eigenvalue weighted by molar-refractivity contribution is -0.870. The molecular weight excluding hydrogens is 513 g/mol. The van der Waals surface area contributed by atoms with Gasteiger partial charge in [-0.1, -0.05) is 123 Å². The van der Waals surface area contributed by atoms with Gasteiger partial charge in [0.05, 0.1) is 21.1 Å². The Morgan fingerprint density at radius 1 is 0.718 bits per heavy atom. The summed E-state index contributed by atoms with van der Waals surface area (Å²) in [5, 5.41) is 20.8. The monoisotopic (exact) mass is 578 g/mol. The van der Waals surface area contributed by atoms with Crippen molar-refractivity contribution in [3.8, 4) is 0 Å². The Morgan fingerprint density at radius 2 is 1.13 bits per heavy atom. The summed E-state index contributed by atoms with van der Waals surface area (Å²) in [4.78, 5) is 9.93. The highest BCUT2D eigenvalue weighted by Gasteiger charge is 2.48. The van der Waals surface area contributed by atoms with Crippen LogP contribution in [0.1, 0.15) is 143 Å². The molecule has 7 nitrogen and oxygen atoms in total. The van der Waals surface area contributed by atoms with Crippen LogP contribution >= 0.6 is 7.82 Å². The molecule has 0 aromatic rings. The molecule has 0 aliphatic rings. The summed E-state index contributed by atoms with van der Waals surface area (Å²) in [7, 11) is 1.19. The van der Waals surface area contributed by atoms with E-state index >= 15 is 0 Å². The van der Waals surface area contributed by atoms with Crippen LogP contribution < -0.4 is 0 Å². The Morgan fingerprint density at radius 3 is 1.56 bits per heavy atom. The minimum absolute atomic E-state index is 0.0233. The van der Waals surface area contributed by atoms with Gasteiger partial charge >= 0.3 is 7.82 Å². The lowest BCUT2D eigenvalue weighted by Gasteiger charge is -2.37. The molecule has 3 N–H and O–H groups in total. The topological polar surface area (TPSA) is 96.2 Å². The molecule has 0 amide bonds. The molecule has 1 unspecified atom stereocenters. The van der Waals surface area contributed by atoms with Gasteiger partial charge in [0.25, 0.3) is 5.97 Å². The number of phosphoric ester groups is 1. The van der Waals surface area contributed by atoms with Crippen LogP contribution in [0.15, 0.2) is 12.2 Å². The van der Waals surface area contributed by atoms with Gasteiger partial charge in [0, 0.05) is 5.41 Å². The van der Waals surface area contributed by atoms with Crippen molar-refractivity contribution >= 4 is 7.82 Å². The Hall–Kier alpha value is -0.270. The van der Waals surface area contributed by atoms with E-state index < -0.39 is 19.2 Å². The highest BCUT2D eigenvalue weighted by Crippen LogP contribution is 2.51. The zero-order valence-corrected chi connectivity index (χ0v) is 27.4. The first-order chi connectivity index (χ1) is 18.2. The molecular formula is C31H65NO6P+. The standard InChI is InChI=1S/C31H64NO6P/c1-7-8-9-10-11-12-13-14-15-16-17-18-19-20-21-22-23-24-25-26-27-30(2,3)31(33,34)38-39(35,36)37-29-28-32(4,5)6/h14-15,33-34H,7-13,16-29H2,1-6H3/p+1. The van der Waals surface area contributed by atoms with Crippen LogP contribution in [-0.4, -0.2) is 59.9 Å². The number of aliphatic hydroxyl groups is 2. The van der Waals surface area contributed by atoms with Crippen molar-refractivity contribution in [1.82, 2.24) is 0 Å². The van der Waals surface area contributed by atoms with Gasteiger partial charge in [-0.2, -0.15) is 0 Å². The van der Waals surface area contributed by atoms with Crippen molar-refractivity contribution in [3.05, 3.63) is 12.2 Å². The smallest absolute Gasteiger partial charge is 0.343 e. The Bertz CT molecular complexity index is 660. The molecule has 0 aliphatic carbocycles. The molecule has 8 heteroatoms. The van der Waals surface area contributed by atoms with Gasteiger partial charge in [-0.3, -0.25) is 4.52 Å². The van der Waals surface area contributed by atoms with Crippen LogP contribution in [0.4, 0.5) is 0 Å². The molecule has 0 rings (SSSR count). The van der Waals surface area contributed by atoms with Gasteiger partial charge in [0.2, 0.25) is 0 Å². The van der Waals surface area contributed by atoms with E-state index in [0.717, 1.165) is 19.3 Å². The number of phosphoric acid groups is 1. The summed E-state index contributed by atoms with van der Waals surface area (Å²) in [5.74, 6) is -2.75. The fourth-order valence-corrected chi connectivity index (χ4v) is 5.36. The number of allylic oxidation sites excluding steroid dienone is 2. The highest BCUT2D eigenvalue weighted by molar-refractivity contribution is 7.47. The first-order valence-electron chi connectivity index (χ1n) is 15.8. The van der Waals surface area contributed by atoms with E-state index in [1.54, 1.807) is 13.8 Å². The molecule has 234 valence electrons.